The first-order valence-electron chi connectivity index (χ1n) is 7.77. The summed E-state index contributed by atoms with van der Waals surface area (Å²) >= 11 is 0. The van der Waals surface area contributed by atoms with E-state index in [1.807, 2.05) is 4.90 Å². The van der Waals surface area contributed by atoms with Gasteiger partial charge in [0.25, 0.3) is 5.91 Å². The Morgan fingerprint density at radius 3 is 2.41 bits per heavy atom. The summed E-state index contributed by atoms with van der Waals surface area (Å²) in [7, 11) is 1.39. The Balaban J connectivity index is 1.89. The Hall–Kier alpha value is -2.11. The van der Waals surface area contributed by atoms with Crippen molar-refractivity contribution < 1.29 is 14.5 Å². The van der Waals surface area contributed by atoms with Crippen LogP contribution >= 0.6 is 0 Å². The minimum absolute atomic E-state index is 0.0832. The number of hydrogen-bond donors (Lipinski definition) is 0. The average molecular weight is 304 g/mol. The number of ether oxygens (including phenoxy) is 1. The summed E-state index contributed by atoms with van der Waals surface area (Å²) in [5.74, 6) is 0.0977. The summed E-state index contributed by atoms with van der Waals surface area (Å²) < 4.78 is 4.99. The topological polar surface area (TPSA) is 72.7 Å². The number of methoxy groups -OCH3 is 1. The highest BCUT2D eigenvalue weighted by Gasteiger charge is 2.39. The molecule has 1 amide bonds. The smallest absolute Gasteiger partial charge is 0.311 e. The fourth-order valence-corrected chi connectivity index (χ4v) is 3.28. The van der Waals surface area contributed by atoms with Gasteiger partial charge in [0.05, 0.1) is 12.0 Å². The third-order valence-electron chi connectivity index (χ3n) is 4.52. The molecule has 6 heteroatoms. The molecule has 0 aliphatic heterocycles. The second kappa shape index (κ2) is 5.94. The molecule has 2 aliphatic carbocycles. The molecule has 0 unspecified atom stereocenters. The second-order valence-corrected chi connectivity index (χ2v) is 6.03. The second-order valence-electron chi connectivity index (χ2n) is 6.03. The summed E-state index contributed by atoms with van der Waals surface area (Å²) in [5.41, 5.74) is 0.224. The molecule has 0 saturated heterocycles. The van der Waals surface area contributed by atoms with Crippen LogP contribution in [0.3, 0.4) is 0 Å². The van der Waals surface area contributed by atoms with E-state index in [0.29, 0.717) is 17.6 Å². The van der Waals surface area contributed by atoms with Gasteiger partial charge in [-0.15, -0.1) is 0 Å². The van der Waals surface area contributed by atoms with Crippen LogP contribution in [-0.2, 0) is 0 Å². The van der Waals surface area contributed by atoms with Crippen molar-refractivity contribution in [3.8, 4) is 5.75 Å². The van der Waals surface area contributed by atoms with Crippen LogP contribution in [-0.4, -0.2) is 34.9 Å². The van der Waals surface area contributed by atoms with Crippen molar-refractivity contribution in [2.75, 3.05) is 7.11 Å². The summed E-state index contributed by atoms with van der Waals surface area (Å²) in [6.07, 6.45) is 6.48. The molecule has 0 spiro atoms. The normalized spacial score (nSPS) is 18.2. The molecule has 0 atom stereocenters. The van der Waals surface area contributed by atoms with Crippen LogP contribution in [0.2, 0.25) is 0 Å². The van der Waals surface area contributed by atoms with Crippen molar-refractivity contribution in [2.45, 2.75) is 50.6 Å². The van der Waals surface area contributed by atoms with Crippen LogP contribution in [0.5, 0.6) is 5.75 Å². The number of carbonyl (C=O) groups is 1. The van der Waals surface area contributed by atoms with Crippen LogP contribution in [0.25, 0.3) is 0 Å². The van der Waals surface area contributed by atoms with Gasteiger partial charge in [-0.05, 0) is 37.8 Å². The Kier molecular flexibility index (Phi) is 4.00. The largest absolute Gasteiger partial charge is 0.490 e. The molecule has 1 aromatic carbocycles. The molecule has 6 nitrogen and oxygen atoms in total. The van der Waals surface area contributed by atoms with Gasteiger partial charge in [0.1, 0.15) is 0 Å². The monoisotopic (exact) mass is 304 g/mol. The maximum Gasteiger partial charge on any atom is 0.311 e. The zero-order valence-corrected chi connectivity index (χ0v) is 12.7. The Bertz CT molecular complexity index is 592. The maximum atomic E-state index is 12.9. The van der Waals surface area contributed by atoms with Crippen molar-refractivity contribution in [3.63, 3.8) is 0 Å². The number of carbonyl (C=O) groups excluding carboxylic acids is 1. The molecular formula is C16H20N2O4. The molecule has 2 fully saturated rings. The molecule has 1 aromatic rings. The van der Waals surface area contributed by atoms with E-state index in [-0.39, 0.29) is 17.3 Å². The van der Waals surface area contributed by atoms with Gasteiger partial charge in [-0.2, -0.15) is 0 Å². The first-order valence-corrected chi connectivity index (χ1v) is 7.77. The molecule has 22 heavy (non-hydrogen) atoms. The Morgan fingerprint density at radius 2 is 1.86 bits per heavy atom. The minimum atomic E-state index is -0.507. The number of nitrogens with zero attached hydrogens (tertiary/aromatic N) is 2. The van der Waals surface area contributed by atoms with Gasteiger partial charge >= 0.3 is 5.69 Å². The predicted molar refractivity (Wildman–Crippen MR) is 81.1 cm³/mol. The SMILES string of the molecule is COc1ccc(C(=O)N(C2CCCC2)C2CC2)cc1[N+](=O)[O-]. The zero-order valence-electron chi connectivity index (χ0n) is 12.7. The van der Waals surface area contributed by atoms with Crippen molar-refractivity contribution in [1.29, 1.82) is 0 Å². The molecule has 0 bridgehead atoms. The van der Waals surface area contributed by atoms with Gasteiger partial charge in [-0.3, -0.25) is 14.9 Å². The molecule has 3 rings (SSSR count). The van der Waals surface area contributed by atoms with Crippen LogP contribution in [0.1, 0.15) is 48.9 Å². The van der Waals surface area contributed by atoms with Gasteiger partial charge in [0.2, 0.25) is 0 Å². The summed E-state index contributed by atoms with van der Waals surface area (Å²) in [5, 5.41) is 11.1. The van der Waals surface area contributed by atoms with Gasteiger partial charge in [0.15, 0.2) is 5.75 Å². The lowest BCUT2D eigenvalue weighted by Crippen LogP contribution is -2.40. The summed E-state index contributed by atoms with van der Waals surface area (Å²) in [6.45, 7) is 0. The van der Waals surface area contributed by atoms with Gasteiger partial charge in [-0.25, -0.2) is 0 Å². The quantitative estimate of drug-likeness (QED) is 0.618. The lowest BCUT2D eigenvalue weighted by Gasteiger charge is -2.29. The fourth-order valence-electron chi connectivity index (χ4n) is 3.28. The predicted octanol–water partition coefficient (Wildman–Crippen LogP) is 3.15. The summed E-state index contributed by atoms with van der Waals surface area (Å²) in [6, 6.07) is 5.08. The Labute approximate surface area is 129 Å². The van der Waals surface area contributed by atoms with Crippen molar-refractivity contribution >= 4 is 11.6 Å². The molecule has 2 saturated carbocycles. The van der Waals surface area contributed by atoms with Crippen molar-refractivity contribution in [2.24, 2.45) is 0 Å². The molecule has 0 aromatic heterocycles. The van der Waals surface area contributed by atoms with Crippen LogP contribution < -0.4 is 4.74 Å². The van der Waals surface area contributed by atoms with E-state index in [1.54, 1.807) is 6.07 Å². The number of benzene rings is 1. The lowest BCUT2D eigenvalue weighted by atomic mass is 10.1. The standard InChI is InChI=1S/C16H20N2O4/c1-22-15-9-6-11(10-14(15)18(20)21)16(19)17(13-7-8-13)12-4-2-3-5-12/h6,9-10,12-13H,2-5,7-8H2,1H3. The number of rotatable bonds is 5. The van der Waals surface area contributed by atoms with Crippen LogP contribution in [0.15, 0.2) is 18.2 Å². The number of nitro benzene ring substituents is 1. The Morgan fingerprint density at radius 1 is 1.23 bits per heavy atom. The lowest BCUT2D eigenvalue weighted by molar-refractivity contribution is -0.385. The molecule has 0 heterocycles. The van der Waals surface area contributed by atoms with Gasteiger partial charge < -0.3 is 9.64 Å². The first-order chi connectivity index (χ1) is 10.6. The third kappa shape index (κ3) is 2.77. The van der Waals surface area contributed by atoms with Gasteiger partial charge in [0, 0.05) is 23.7 Å². The molecular weight excluding hydrogens is 284 g/mol. The first kappa shape index (κ1) is 14.8. The molecule has 118 valence electrons. The fraction of sp³-hybridized carbons (Fsp3) is 0.562. The highest BCUT2D eigenvalue weighted by Crippen LogP contribution is 2.36. The van der Waals surface area contributed by atoms with E-state index < -0.39 is 4.92 Å². The maximum absolute atomic E-state index is 12.9. The van der Waals surface area contributed by atoms with E-state index >= 15 is 0 Å². The minimum Gasteiger partial charge on any atom is -0.490 e. The number of nitro groups is 1. The highest BCUT2D eigenvalue weighted by atomic mass is 16.6. The van der Waals surface area contributed by atoms with E-state index in [0.717, 1.165) is 38.5 Å². The summed E-state index contributed by atoms with van der Waals surface area (Å²) in [4.78, 5) is 25.4. The number of amides is 1. The van der Waals surface area contributed by atoms with E-state index in [9.17, 15) is 14.9 Å². The highest BCUT2D eigenvalue weighted by molar-refractivity contribution is 5.95. The number of hydrogen-bond acceptors (Lipinski definition) is 4. The average Bonchev–Trinajstić information content (AvgIpc) is 3.20. The zero-order chi connectivity index (χ0) is 15.7. The van der Waals surface area contributed by atoms with Crippen LogP contribution in [0.4, 0.5) is 5.69 Å². The third-order valence-corrected chi connectivity index (χ3v) is 4.52. The molecule has 0 N–H and O–H groups in total. The van der Waals surface area contributed by atoms with Gasteiger partial charge in [-0.1, -0.05) is 12.8 Å². The van der Waals surface area contributed by atoms with Crippen molar-refractivity contribution in [1.82, 2.24) is 4.90 Å². The van der Waals surface area contributed by atoms with E-state index in [4.69, 9.17) is 4.74 Å². The van der Waals surface area contributed by atoms with Crippen molar-refractivity contribution in [3.05, 3.63) is 33.9 Å². The molecule has 2 aliphatic rings. The van der Waals surface area contributed by atoms with Crippen LogP contribution in [0, 0.1) is 10.1 Å². The van der Waals surface area contributed by atoms with E-state index in [2.05, 4.69) is 0 Å². The molecule has 0 radical (unpaired) electrons. The van der Waals surface area contributed by atoms with E-state index in [1.165, 1.54) is 19.2 Å².